The average molecular weight is 282 g/mol. The fourth-order valence-electron chi connectivity index (χ4n) is 2.96. The molecule has 2 atom stereocenters. The highest BCUT2D eigenvalue weighted by molar-refractivity contribution is 5.99. The molecule has 1 saturated carbocycles. The van der Waals surface area contributed by atoms with Crippen molar-refractivity contribution in [1.82, 2.24) is 10.3 Å². The molecule has 1 heterocycles. The third-order valence-electron chi connectivity index (χ3n) is 4.31. The summed E-state index contributed by atoms with van der Waals surface area (Å²) in [6, 6.07) is 8.47. The lowest BCUT2D eigenvalue weighted by Gasteiger charge is -2.09. The SMILES string of the molecule is CCCC1CC1NC(=O)c1cc2ccc(C)cc2nc1C. The minimum Gasteiger partial charge on any atom is -0.349 e. The van der Waals surface area contributed by atoms with Crippen LogP contribution in [0.1, 0.15) is 47.8 Å². The predicted molar refractivity (Wildman–Crippen MR) is 85.5 cm³/mol. The van der Waals surface area contributed by atoms with Crippen LogP contribution in [0.15, 0.2) is 24.3 Å². The van der Waals surface area contributed by atoms with Crippen molar-refractivity contribution in [2.24, 2.45) is 5.92 Å². The molecule has 0 saturated heterocycles. The Labute approximate surface area is 125 Å². The zero-order chi connectivity index (χ0) is 15.0. The minimum atomic E-state index is 0.0195. The van der Waals surface area contributed by atoms with Gasteiger partial charge in [-0.15, -0.1) is 0 Å². The fraction of sp³-hybridized carbons (Fsp3) is 0.444. The largest absolute Gasteiger partial charge is 0.349 e. The number of rotatable bonds is 4. The van der Waals surface area contributed by atoms with Crippen molar-refractivity contribution in [3.63, 3.8) is 0 Å². The van der Waals surface area contributed by atoms with E-state index in [1.54, 1.807) is 0 Å². The highest BCUT2D eigenvalue weighted by Crippen LogP contribution is 2.34. The molecule has 1 amide bonds. The number of aryl methyl sites for hydroxylation is 2. The van der Waals surface area contributed by atoms with Gasteiger partial charge in [0.1, 0.15) is 0 Å². The van der Waals surface area contributed by atoms with E-state index >= 15 is 0 Å². The Morgan fingerprint density at radius 3 is 2.90 bits per heavy atom. The van der Waals surface area contributed by atoms with Gasteiger partial charge in [-0.3, -0.25) is 9.78 Å². The van der Waals surface area contributed by atoms with Gasteiger partial charge < -0.3 is 5.32 Å². The molecule has 3 heteroatoms. The smallest absolute Gasteiger partial charge is 0.253 e. The molecule has 1 aromatic carbocycles. The topological polar surface area (TPSA) is 42.0 Å². The molecule has 2 aromatic rings. The maximum Gasteiger partial charge on any atom is 0.253 e. The first-order chi connectivity index (χ1) is 10.1. The van der Waals surface area contributed by atoms with Crippen molar-refractivity contribution in [3.8, 4) is 0 Å². The van der Waals surface area contributed by atoms with Gasteiger partial charge in [-0.25, -0.2) is 0 Å². The number of carbonyl (C=O) groups excluding carboxylic acids is 1. The summed E-state index contributed by atoms with van der Waals surface area (Å²) < 4.78 is 0. The van der Waals surface area contributed by atoms with Gasteiger partial charge in [0.25, 0.3) is 5.91 Å². The number of benzene rings is 1. The van der Waals surface area contributed by atoms with Gasteiger partial charge >= 0.3 is 0 Å². The Morgan fingerprint density at radius 1 is 1.33 bits per heavy atom. The molecule has 3 nitrogen and oxygen atoms in total. The zero-order valence-electron chi connectivity index (χ0n) is 12.9. The summed E-state index contributed by atoms with van der Waals surface area (Å²) in [6.45, 7) is 6.15. The van der Waals surface area contributed by atoms with Crippen LogP contribution in [0.2, 0.25) is 0 Å². The molecular weight excluding hydrogens is 260 g/mol. The molecule has 2 unspecified atom stereocenters. The van der Waals surface area contributed by atoms with Crippen LogP contribution in [-0.2, 0) is 0 Å². The molecule has 1 fully saturated rings. The van der Waals surface area contributed by atoms with E-state index < -0.39 is 0 Å². The van der Waals surface area contributed by atoms with Gasteiger partial charge in [0.05, 0.1) is 16.8 Å². The van der Waals surface area contributed by atoms with E-state index in [0.29, 0.717) is 17.5 Å². The van der Waals surface area contributed by atoms with E-state index in [0.717, 1.165) is 23.0 Å². The summed E-state index contributed by atoms with van der Waals surface area (Å²) in [5.74, 6) is 0.696. The molecule has 0 spiro atoms. The molecule has 21 heavy (non-hydrogen) atoms. The Bertz CT molecular complexity index is 693. The molecule has 3 rings (SSSR count). The van der Waals surface area contributed by atoms with E-state index in [9.17, 15) is 4.79 Å². The van der Waals surface area contributed by atoms with Gasteiger partial charge in [0.15, 0.2) is 0 Å². The summed E-state index contributed by atoms with van der Waals surface area (Å²) in [6.07, 6.45) is 3.52. The first kappa shape index (κ1) is 14.1. The highest BCUT2D eigenvalue weighted by Gasteiger charge is 2.37. The van der Waals surface area contributed by atoms with Gasteiger partial charge in [-0.05, 0) is 50.3 Å². The summed E-state index contributed by atoms with van der Waals surface area (Å²) in [5, 5.41) is 4.17. The maximum absolute atomic E-state index is 12.4. The number of nitrogens with one attached hydrogen (secondary N) is 1. The Balaban J connectivity index is 1.81. The first-order valence-corrected chi connectivity index (χ1v) is 7.77. The van der Waals surface area contributed by atoms with Crippen LogP contribution in [0, 0.1) is 19.8 Å². The van der Waals surface area contributed by atoms with E-state index in [1.807, 2.05) is 19.1 Å². The van der Waals surface area contributed by atoms with Gasteiger partial charge in [0.2, 0.25) is 0 Å². The van der Waals surface area contributed by atoms with Crippen LogP contribution >= 0.6 is 0 Å². The van der Waals surface area contributed by atoms with Crippen molar-refractivity contribution in [2.75, 3.05) is 0 Å². The number of hydrogen-bond acceptors (Lipinski definition) is 2. The van der Waals surface area contributed by atoms with Crippen LogP contribution in [0.3, 0.4) is 0 Å². The van der Waals surface area contributed by atoms with Gasteiger partial charge in [-0.2, -0.15) is 0 Å². The van der Waals surface area contributed by atoms with E-state index in [4.69, 9.17) is 0 Å². The second-order valence-electron chi connectivity index (χ2n) is 6.18. The third-order valence-corrected chi connectivity index (χ3v) is 4.31. The average Bonchev–Trinajstić information content (AvgIpc) is 3.16. The van der Waals surface area contributed by atoms with Gasteiger partial charge in [0, 0.05) is 11.4 Å². The van der Waals surface area contributed by atoms with Crippen molar-refractivity contribution >= 4 is 16.8 Å². The number of pyridine rings is 1. The van der Waals surface area contributed by atoms with Crippen molar-refractivity contribution in [2.45, 2.75) is 46.1 Å². The number of carbonyl (C=O) groups is 1. The molecule has 1 aromatic heterocycles. The number of aromatic nitrogens is 1. The second kappa shape index (κ2) is 5.47. The lowest BCUT2D eigenvalue weighted by atomic mass is 10.1. The predicted octanol–water partition coefficient (Wildman–Crippen LogP) is 3.77. The van der Waals surface area contributed by atoms with Crippen molar-refractivity contribution < 1.29 is 4.79 Å². The summed E-state index contributed by atoms with van der Waals surface area (Å²) >= 11 is 0. The molecule has 110 valence electrons. The minimum absolute atomic E-state index is 0.0195. The van der Waals surface area contributed by atoms with Crippen LogP contribution in [0.25, 0.3) is 10.9 Å². The number of hydrogen-bond donors (Lipinski definition) is 1. The zero-order valence-corrected chi connectivity index (χ0v) is 12.9. The Kier molecular flexibility index (Phi) is 3.66. The molecule has 1 aliphatic carbocycles. The van der Waals surface area contributed by atoms with Gasteiger partial charge in [-0.1, -0.05) is 25.5 Å². The molecule has 0 aliphatic heterocycles. The van der Waals surface area contributed by atoms with Crippen LogP contribution in [0.5, 0.6) is 0 Å². The second-order valence-corrected chi connectivity index (χ2v) is 6.18. The van der Waals surface area contributed by atoms with E-state index in [1.165, 1.54) is 18.4 Å². The highest BCUT2D eigenvalue weighted by atomic mass is 16.1. The Morgan fingerprint density at radius 2 is 2.14 bits per heavy atom. The lowest BCUT2D eigenvalue weighted by Crippen LogP contribution is -2.27. The summed E-state index contributed by atoms with van der Waals surface area (Å²) in [5.41, 5.74) is 3.65. The maximum atomic E-state index is 12.4. The summed E-state index contributed by atoms with van der Waals surface area (Å²) in [4.78, 5) is 17.0. The summed E-state index contributed by atoms with van der Waals surface area (Å²) in [7, 11) is 0. The van der Waals surface area contributed by atoms with Crippen LogP contribution in [-0.4, -0.2) is 16.9 Å². The standard InChI is InChI=1S/C18H22N2O/c1-4-5-13-10-17(13)20-18(21)15-9-14-7-6-11(2)8-16(14)19-12(15)3/h6-9,13,17H,4-5,10H2,1-3H3,(H,20,21). The monoisotopic (exact) mass is 282 g/mol. The molecule has 1 aliphatic rings. The molecule has 0 bridgehead atoms. The number of amides is 1. The normalized spacial score (nSPS) is 20.5. The van der Waals surface area contributed by atoms with Crippen LogP contribution < -0.4 is 5.32 Å². The first-order valence-electron chi connectivity index (χ1n) is 7.77. The van der Waals surface area contributed by atoms with Crippen molar-refractivity contribution in [1.29, 1.82) is 0 Å². The van der Waals surface area contributed by atoms with Crippen LogP contribution in [0.4, 0.5) is 0 Å². The molecule has 1 N–H and O–H groups in total. The third kappa shape index (κ3) is 2.92. The quantitative estimate of drug-likeness (QED) is 0.927. The fourth-order valence-corrected chi connectivity index (χ4v) is 2.96. The molecule has 0 radical (unpaired) electrons. The number of nitrogens with zero attached hydrogens (tertiary/aromatic N) is 1. The Hall–Kier alpha value is -1.90. The van der Waals surface area contributed by atoms with E-state index in [2.05, 4.69) is 36.3 Å². The lowest BCUT2D eigenvalue weighted by molar-refractivity contribution is 0.0948. The number of fused-ring (bicyclic) bond motifs is 1. The van der Waals surface area contributed by atoms with E-state index in [-0.39, 0.29) is 5.91 Å². The van der Waals surface area contributed by atoms with Crippen molar-refractivity contribution in [3.05, 3.63) is 41.1 Å². The molecular formula is C18H22N2O.